The Bertz CT molecular complexity index is 613. The lowest BCUT2D eigenvalue weighted by atomic mass is 9.86. The van der Waals surface area contributed by atoms with E-state index >= 15 is 0 Å². The van der Waals surface area contributed by atoms with Crippen LogP contribution in [0.1, 0.15) is 33.8 Å². The van der Waals surface area contributed by atoms with Crippen LogP contribution in [0.25, 0.3) is 0 Å². The quantitative estimate of drug-likeness (QED) is 0.342. The highest BCUT2D eigenvalue weighted by Gasteiger charge is 2.17. The third-order valence-electron chi connectivity index (χ3n) is 3.24. The van der Waals surface area contributed by atoms with E-state index in [1.54, 1.807) is 0 Å². The van der Waals surface area contributed by atoms with Crippen LogP contribution in [-0.2, 0) is 0 Å². The fourth-order valence-electron chi connectivity index (χ4n) is 2.28. The van der Waals surface area contributed by atoms with E-state index < -0.39 is 0 Å². The standard InChI is InChI=1S/C16H13Cl2IO/c17-15-6-5-11(9-16(15)18)14(7-8-19)13-4-2-1-3-12(13)10-20/h1-6,9-10,14H,7-8H2/t14-/m0/s1. The predicted octanol–water partition coefficient (Wildman–Crippen LogP) is 5.76. The molecule has 2 aromatic rings. The van der Waals surface area contributed by atoms with Crippen LogP contribution < -0.4 is 0 Å². The first-order valence-corrected chi connectivity index (χ1v) is 8.50. The Hall–Kier alpha value is -0.580. The molecule has 2 aromatic carbocycles. The van der Waals surface area contributed by atoms with Gasteiger partial charge in [0.1, 0.15) is 6.29 Å². The summed E-state index contributed by atoms with van der Waals surface area (Å²) in [5.41, 5.74) is 2.86. The Morgan fingerprint density at radius 2 is 1.85 bits per heavy atom. The summed E-state index contributed by atoms with van der Waals surface area (Å²) in [7, 11) is 0. The second-order valence-corrected chi connectivity index (χ2v) is 6.34. The molecule has 1 atom stereocenters. The SMILES string of the molecule is O=Cc1ccccc1[C@@H](CCI)c1ccc(Cl)c(Cl)c1. The van der Waals surface area contributed by atoms with Gasteiger partial charge in [0.2, 0.25) is 0 Å². The molecule has 0 saturated carbocycles. The molecule has 0 aliphatic rings. The minimum absolute atomic E-state index is 0.156. The molecule has 0 aromatic heterocycles. The number of rotatable bonds is 5. The summed E-state index contributed by atoms with van der Waals surface area (Å²) in [6, 6.07) is 13.4. The van der Waals surface area contributed by atoms with Crippen molar-refractivity contribution in [1.82, 2.24) is 0 Å². The molecule has 2 rings (SSSR count). The molecule has 0 aliphatic carbocycles. The summed E-state index contributed by atoms with van der Waals surface area (Å²) in [4.78, 5) is 11.2. The van der Waals surface area contributed by atoms with Crippen LogP contribution >= 0.6 is 45.8 Å². The molecule has 1 nitrogen and oxygen atoms in total. The number of halogens is 3. The normalized spacial score (nSPS) is 12.2. The van der Waals surface area contributed by atoms with Crippen LogP contribution in [0.15, 0.2) is 42.5 Å². The number of hydrogen-bond acceptors (Lipinski definition) is 1. The van der Waals surface area contributed by atoms with Gasteiger partial charge >= 0.3 is 0 Å². The first-order valence-electron chi connectivity index (χ1n) is 6.22. The van der Waals surface area contributed by atoms with Gasteiger partial charge in [-0.25, -0.2) is 0 Å². The number of carbonyl (C=O) groups excluding carboxylic acids is 1. The summed E-state index contributed by atoms with van der Waals surface area (Å²) in [6.07, 6.45) is 1.86. The van der Waals surface area contributed by atoms with Gasteiger partial charge in [0.05, 0.1) is 10.0 Å². The van der Waals surface area contributed by atoms with Crippen molar-refractivity contribution in [3.63, 3.8) is 0 Å². The maximum Gasteiger partial charge on any atom is 0.150 e. The van der Waals surface area contributed by atoms with Gasteiger partial charge in [-0.3, -0.25) is 4.79 Å². The van der Waals surface area contributed by atoms with Gasteiger partial charge in [0.15, 0.2) is 0 Å². The van der Waals surface area contributed by atoms with Crippen molar-refractivity contribution in [3.05, 3.63) is 69.2 Å². The van der Waals surface area contributed by atoms with Crippen molar-refractivity contribution in [2.24, 2.45) is 0 Å². The third-order valence-corrected chi connectivity index (χ3v) is 4.60. The monoisotopic (exact) mass is 418 g/mol. The van der Waals surface area contributed by atoms with Crippen LogP contribution in [0.3, 0.4) is 0 Å². The van der Waals surface area contributed by atoms with E-state index in [9.17, 15) is 4.79 Å². The molecule has 4 heteroatoms. The number of carbonyl (C=O) groups is 1. The lowest BCUT2D eigenvalue weighted by molar-refractivity contribution is 0.112. The lowest BCUT2D eigenvalue weighted by Gasteiger charge is -2.19. The zero-order chi connectivity index (χ0) is 14.5. The Labute approximate surface area is 142 Å². The average Bonchev–Trinajstić information content (AvgIpc) is 2.48. The van der Waals surface area contributed by atoms with E-state index in [4.69, 9.17) is 23.2 Å². The molecule has 0 amide bonds. The first kappa shape index (κ1) is 15.8. The van der Waals surface area contributed by atoms with E-state index in [-0.39, 0.29) is 5.92 Å². The van der Waals surface area contributed by atoms with Gasteiger partial charge in [0, 0.05) is 15.9 Å². The number of benzene rings is 2. The highest BCUT2D eigenvalue weighted by Crippen LogP contribution is 2.34. The van der Waals surface area contributed by atoms with E-state index in [0.29, 0.717) is 10.0 Å². The maximum atomic E-state index is 11.2. The number of hydrogen-bond donors (Lipinski definition) is 0. The van der Waals surface area contributed by atoms with Crippen LogP contribution in [0, 0.1) is 0 Å². The summed E-state index contributed by atoms with van der Waals surface area (Å²) >= 11 is 14.4. The topological polar surface area (TPSA) is 17.1 Å². The molecule has 0 fully saturated rings. The largest absolute Gasteiger partial charge is 0.298 e. The molecule has 0 heterocycles. The number of alkyl halides is 1. The molecule has 20 heavy (non-hydrogen) atoms. The van der Waals surface area contributed by atoms with Gasteiger partial charge in [-0.1, -0.05) is 76.1 Å². The lowest BCUT2D eigenvalue weighted by Crippen LogP contribution is -2.05. The van der Waals surface area contributed by atoms with Crippen LogP contribution in [0.2, 0.25) is 10.0 Å². The van der Waals surface area contributed by atoms with E-state index in [0.717, 1.165) is 33.8 Å². The second kappa shape index (κ2) is 7.43. The van der Waals surface area contributed by atoms with E-state index in [1.165, 1.54) is 0 Å². The van der Waals surface area contributed by atoms with Crippen molar-refractivity contribution in [2.45, 2.75) is 12.3 Å². The molecule has 0 saturated heterocycles. The molecule has 0 bridgehead atoms. The fourth-order valence-corrected chi connectivity index (χ4v) is 3.20. The number of aldehydes is 1. The second-order valence-electron chi connectivity index (χ2n) is 4.45. The zero-order valence-corrected chi connectivity index (χ0v) is 14.3. The Morgan fingerprint density at radius 1 is 1.10 bits per heavy atom. The zero-order valence-electron chi connectivity index (χ0n) is 10.7. The minimum atomic E-state index is 0.156. The smallest absolute Gasteiger partial charge is 0.150 e. The third kappa shape index (κ3) is 3.54. The highest BCUT2D eigenvalue weighted by molar-refractivity contribution is 14.1. The van der Waals surface area contributed by atoms with Crippen molar-refractivity contribution < 1.29 is 4.79 Å². The van der Waals surface area contributed by atoms with Crippen molar-refractivity contribution in [2.75, 3.05) is 4.43 Å². The minimum Gasteiger partial charge on any atom is -0.298 e. The Balaban J connectivity index is 2.50. The summed E-state index contributed by atoms with van der Waals surface area (Å²) in [6.45, 7) is 0. The predicted molar refractivity (Wildman–Crippen MR) is 93.6 cm³/mol. The van der Waals surface area contributed by atoms with E-state index in [2.05, 4.69) is 22.6 Å². The van der Waals surface area contributed by atoms with Crippen molar-refractivity contribution in [1.29, 1.82) is 0 Å². The maximum absolute atomic E-state index is 11.2. The molecular weight excluding hydrogens is 406 g/mol. The first-order chi connectivity index (χ1) is 9.67. The molecule has 0 spiro atoms. The van der Waals surface area contributed by atoms with Crippen molar-refractivity contribution >= 4 is 52.1 Å². The molecule has 0 aliphatic heterocycles. The summed E-state index contributed by atoms with van der Waals surface area (Å²) in [5, 5.41) is 1.10. The van der Waals surface area contributed by atoms with Crippen LogP contribution in [0.4, 0.5) is 0 Å². The molecule has 0 unspecified atom stereocenters. The summed E-state index contributed by atoms with van der Waals surface area (Å²) < 4.78 is 0.996. The Morgan fingerprint density at radius 3 is 2.50 bits per heavy atom. The molecule has 0 N–H and O–H groups in total. The molecular formula is C16H13Cl2IO. The van der Waals surface area contributed by atoms with Gasteiger partial charge in [-0.05, 0) is 29.7 Å². The molecule has 0 radical (unpaired) electrons. The van der Waals surface area contributed by atoms with Crippen LogP contribution in [0.5, 0.6) is 0 Å². The van der Waals surface area contributed by atoms with Crippen molar-refractivity contribution in [3.8, 4) is 0 Å². The van der Waals surface area contributed by atoms with Gasteiger partial charge in [0.25, 0.3) is 0 Å². The van der Waals surface area contributed by atoms with Gasteiger partial charge in [-0.2, -0.15) is 0 Å². The fraction of sp³-hybridized carbons (Fsp3) is 0.188. The van der Waals surface area contributed by atoms with Gasteiger partial charge in [-0.15, -0.1) is 0 Å². The highest BCUT2D eigenvalue weighted by atomic mass is 127. The molecule has 104 valence electrons. The van der Waals surface area contributed by atoms with E-state index in [1.807, 2.05) is 42.5 Å². The van der Waals surface area contributed by atoms with Crippen LogP contribution in [-0.4, -0.2) is 10.7 Å². The van der Waals surface area contributed by atoms with Gasteiger partial charge < -0.3 is 0 Å². The summed E-state index contributed by atoms with van der Waals surface area (Å²) in [5.74, 6) is 0.156. The average molecular weight is 419 g/mol. The Kier molecular flexibility index (Phi) is 5.87.